The number of benzene rings is 1. The van der Waals surface area contributed by atoms with E-state index in [-0.39, 0.29) is 24.2 Å². The Morgan fingerprint density at radius 2 is 2.08 bits per heavy atom. The van der Waals surface area contributed by atoms with E-state index < -0.39 is 0 Å². The number of rotatable bonds is 4. The van der Waals surface area contributed by atoms with Gasteiger partial charge in [0.2, 0.25) is 11.8 Å². The maximum atomic E-state index is 12.6. The largest absolute Gasteiger partial charge is 0.342 e. The number of likely N-dealkylation sites (tertiary alicyclic amines) is 1. The zero-order valence-electron chi connectivity index (χ0n) is 13.4. The van der Waals surface area contributed by atoms with Crippen molar-refractivity contribution in [1.29, 1.82) is 0 Å². The molecule has 2 heterocycles. The van der Waals surface area contributed by atoms with Crippen molar-refractivity contribution in [3.63, 3.8) is 0 Å². The van der Waals surface area contributed by atoms with Crippen LogP contribution in [0, 0.1) is 5.92 Å². The normalized spacial score (nSPS) is 17.4. The van der Waals surface area contributed by atoms with Crippen LogP contribution < -0.4 is 5.32 Å². The van der Waals surface area contributed by atoms with Crippen molar-refractivity contribution in [2.75, 3.05) is 18.4 Å². The highest BCUT2D eigenvalue weighted by Crippen LogP contribution is 2.26. The molecule has 0 saturated carbocycles. The fourth-order valence-electron chi connectivity index (χ4n) is 2.87. The highest BCUT2D eigenvalue weighted by atomic mass is 35.5. The fourth-order valence-corrected chi connectivity index (χ4v) is 3.94. The predicted octanol–water partition coefficient (Wildman–Crippen LogP) is 3.87. The van der Waals surface area contributed by atoms with E-state index in [0.717, 1.165) is 12.8 Å². The summed E-state index contributed by atoms with van der Waals surface area (Å²) < 4.78 is 0. The molecule has 1 aliphatic heterocycles. The molecule has 1 aliphatic rings. The van der Waals surface area contributed by atoms with Crippen LogP contribution in [0.2, 0.25) is 10.0 Å². The van der Waals surface area contributed by atoms with Crippen molar-refractivity contribution < 1.29 is 9.59 Å². The van der Waals surface area contributed by atoms with Crippen molar-refractivity contribution in [3.05, 3.63) is 45.4 Å². The van der Waals surface area contributed by atoms with Crippen molar-refractivity contribution >= 4 is 51.5 Å². The number of nitrogens with one attached hydrogen (secondary N) is 1. The number of halogens is 2. The van der Waals surface area contributed by atoms with Crippen LogP contribution in [-0.4, -0.2) is 34.8 Å². The Hall–Kier alpha value is -1.63. The number of piperidine rings is 1. The van der Waals surface area contributed by atoms with Crippen LogP contribution in [0.1, 0.15) is 18.4 Å². The summed E-state index contributed by atoms with van der Waals surface area (Å²) in [6, 6.07) is 5.19. The minimum Gasteiger partial charge on any atom is -0.342 e. The molecule has 1 atom stereocenters. The second-order valence-corrected chi connectivity index (χ2v) is 7.59. The van der Waals surface area contributed by atoms with Crippen LogP contribution in [0.3, 0.4) is 0 Å². The van der Waals surface area contributed by atoms with E-state index >= 15 is 0 Å². The summed E-state index contributed by atoms with van der Waals surface area (Å²) in [4.78, 5) is 30.8. The highest BCUT2D eigenvalue weighted by Gasteiger charge is 2.29. The van der Waals surface area contributed by atoms with Gasteiger partial charge in [0.1, 0.15) is 0 Å². The first-order valence-corrected chi connectivity index (χ1v) is 9.59. The number of amides is 2. The Kier molecular flexibility index (Phi) is 5.93. The second kappa shape index (κ2) is 8.17. The number of carbonyl (C=O) groups is 2. The lowest BCUT2D eigenvalue weighted by Gasteiger charge is -2.32. The van der Waals surface area contributed by atoms with E-state index in [9.17, 15) is 9.59 Å². The van der Waals surface area contributed by atoms with Gasteiger partial charge in [0.05, 0.1) is 12.3 Å². The first-order chi connectivity index (χ1) is 12.0. The van der Waals surface area contributed by atoms with E-state index in [1.165, 1.54) is 11.3 Å². The van der Waals surface area contributed by atoms with Gasteiger partial charge < -0.3 is 10.2 Å². The summed E-state index contributed by atoms with van der Waals surface area (Å²) in [7, 11) is 0. The van der Waals surface area contributed by atoms with E-state index in [1.54, 1.807) is 34.7 Å². The zero-order valence-corrected chi connectivity index (χ0v) is 15.7. The first-order valence-electron chi connectivity index (χ1n) is 7.95. The zero-order chi connectivity index (χ0) is 17.8. The molecule has 1 unspecified atom stereocenters. The number of hydrogen-bond donors (Lipinski definition) is 1. The molecule has 0 bridgehead atoms. The van der Waals surface area contributed by atoms with Crippen LogP contribution in [0.15, 0.2) is 29.8 Å². The van der Waals surface area contributed by atoms with Gasteiger partial charge in [0.25, 0.3) is 0 Å². The van der Waals surface area contributed by atoms with Gasteiger partial charge in [-0.3, -0.25) is 9.59 Å². The maximum absolute atomic E-state index is 12.6. The van der Waals surface area contributed by atoms with Gasteiger partial charge in [-0.15, -0.1) is 11.3 Å². The molecule has 0 spiro atoms. The molecular weight excluding hydrogens is 381 g/mol. The lowest BCUT2D eigenvalue weighted by atomic mass is 9.96. The number of thiazole rings is 1. The lowest BCUT2D eigenvalue weighted by molar-refractivity contribution is -0.133. The Morgan fingerprint density at radius 3 is 2.76 bits per heavy atom. The van der Waals surface area contributed by atoms with Crippen molar-refractivity contribution in [1.82, 2.24) is 9.88 Å². The summed E-state index contributed by atoms with van der Waals surface area (Å²) in [5, 5.41) is 6.16. The molecule has 3 rings (SSSR count). The van der Waals surface area contributed by atoms with Gasteiger partial charge in [-0.05, 0) is 30.5 Å². The van der Waals surface area contributed by atoms with Crippen molar-refractivity contribution in [2.24, 2.45) is 5.92 Å². The van der Waals surface area contributed by atoms with Crippen molar-refractivity contribution in [2.45, 2.75) is 19.3 Å². The average Bonchev–Trinajstić information content (AvgIpc) is 3.11. The molecule has 0 aliphatic carbocycles. The molecular formula is C17H17Cl2N3O2S. The third kappa shape index (κ3) is 4.51. The van der Waals surface area contributed by atoms with E-state index in [2.05, 4.69) is 10.3 Å². The minimum absolute atomic E-state index is 0.0678. The van der Waals surface area contributed by atoms with Gasteiger partial charge in [0, 0.05) is 34.7 Å². The van der Waals surface area contributed by atoms with Crippen LogP contribution in [0.5, 0.6) is 0 Å². The molecule has 5 nitrogen and oxygen atoms in total. The Labute approximate surface area is 160 Å². The molecule has 1 aromatic heterocycles. The molecule has 25 heavy (non-hydrogen) atoms. The fraction of sp³-hybridized carbons (Fsp3) is 0.353. The number of aromatic nitrogens is 1. The molecule has 1 N–H and O–H groups in total. The quantitative estimate of drug-likeness (QED) is 0.851. The summed E-state index contributed by atoms with van der Waals surface area (Å²) in [5.74, 6) is -0.395. The molecule has 8 heteroatoms. The Balaban J connectivity index is 1.62. The van der Waals surface area contributed by atoms with Crippen molar-refractivity contribution in [3.8, 4) is 0 Å². The summed E-state index contributed by atoms with van der Waals surface area (Å²) in [5.41, 5.74) is 0.630. The monoisotopic (exact) mass is 397 g/mol. The topological polar surface area (TPSA) is 62.3 Å². The first kappa shape index (κ1) is 18.2. The predicted molar refractivity (Wildman–Crippen MR) is 100 cm³/mol. The molecule has 1 saturated heterocycles. The smallest absolute Gasteiger partial charge is 0.231 e. The SMILES string of the molecule is O=C(Nc1nccs1)C1CCCN(C(=O)Cc2c(Cl)cccc2Cl)C1. The van der Waals surface area contributed by atoms with Gasteiger partial charge in [-0.25, -0.2) is 4.98 Å². The molecule has 1 fully saturated rings. The number of nitrogens with zero attached hydrogens (tertiary/aromatic N) is 2. The molecule has 2 aromatic rings. The molecule has 132 valence electrons. The summed E-state index contributed by atoms with van der Waals surface area (Å²) in [6.45, 7) is 1.04. The number of carbonyl (C=O) groups excluding carboxylic acids is 2. The molecule has 0 radical (unpaired) electrons. The summed E-state index contributed by atoms with van der Waals surface area (Å²) in [6.07, 6.45) is 3.33. The number of anilines is 1. The second-order valence-electron chi connectivity index (χ2n) is 5.88. The Bertz CT molecular complexity index is 747. The standard InChI is InChI=1S/C17H17Cl2N3O2S/c18-13-4-1-5-14(19)12(13)9-15(23)22-7-2-3-11(10-22)16(24)21-17-20-6-8-25-17/h1,4-6,8,11H,2-3,7,9-10H2,(H,20,21,24). The van der Waals surface area contributed by atoms with Gasteiger partial charge >= 0.3 is 0 Å². The lowest BCUT2D eigenvalue weighted by Crippen LogP contribution is -2.44. The van der Waals surface area contributed by atoms with Gasteiger partial charge in [0.15, 0.2) is 5.13 Å². The minimum atomic E-state index is -0.233. The number of hydrogen-bond acceptors (Lipinski definition) is 4. The van der Waals surface area contributed by atoms with Crippen LogP contribution in [0.25, 0.3) is 0 Å². The highest BCUT2D eigenvalue weighted by molar-refractivity contribution is 7.13. The molecule has 2 amide bonds. The molecule has 1 aromatic carbocycles. The third-order valence-corrected chi connectivity index (χ3v) is 5.59. The van der Waals surface area contributed by atoms with Gasteiger partial charge in [-0.2, -0.15) is 0 Å². The third-order valence-electron chi connectivity index (χ3n) is 4.20. The van der Waals surface area contributed by atoms with E-state index in [1.807, 2.05) is 0 Å². The van der Waals surface area contributed by atoms with Crippen LogP contribution in [0.4, 0.5) is 5.13 Å². The average molecular weight is 398 g/mol. The van der Waals surface area contributed by atoms with Gasteiger partial charge in [-0.1, -0.05) is 29.3 Å². The Morgan fingerprint density at radius 1 is 1.32 bits per heavy atom. The summed E-state index contributed by atoms with van der Waals surface area (Å²) >= 11 is 13.7. The maximum Gasteiger partial charge on any atom is 0.231 e. The van der Waals surface area contributed by atoms with Crippen LogP contribution >= 0.6 is 34.5 Å². The van der Waals surface area contributed by atoms with Crippen LogP contribution in [-0.2, 0) is 16.0 Å². The van der Waals surface area contributed by atoms with E-state index in [0.29, 0.717) is 33.8 Å². The van der Waals surface area contributed by atoms with E-state index in [4.69, 9.17) is 23.2 Å².